The van der Waals surface area contributed by atoms with Crippen LogP contribution in [0.5, 0.6) is 0 Å². The minimum absolute atomic E-state index is 0.360. The lowest BCUT2D eigenvalue weighted by atomic mass is 9.91. The zero-order valence-corrected chi connectivity index (χ0v) is 12.5. The quantitative estimate of drug-likeness (QED) is 0.785. The van der Waals surface area contributed by atoms with E-state index < -0.39 is 5.66 Å². The highest BCUT2D eigenvalue weighted by Crippen LogP contribution is 2.56. The van der Waals surface area contributed by atoms with E-state index in [2.05, 4.69) is 62.4 Å². The van der Waals surface area contributed by atoms with E-state index in [1.807, 2.05) is 18.1 Å². The van der Waals surface area contributed by atoms with Gasteiger partial charge in [0, 0.05) is 11.1 Å². The van der Waals surface area contributed by atoms with Crippen molar-refractivity contribution in [3.8, 4) is 0 Å². The molecule has 2 aliphatic heterocycles. The number of fused-ring (bicyclic) bond motifs is 1. The third-order valence-electron chi connectivity index (χ3n) is 4.55. The van der Waals surface area contributed by atoms with Gasteiger partial charge in [0.15, 0.2) is 5.66 Å². The number of aryl methyl sites for hydroxylation is 1. The van der Waals surface area contributed by atoms with E-state index in [0.717, 1.165) is 16.8 Å². The Morgan fingerprint density at radius 3 is 2.05 bits per heavy atom. The monoisotopic (exact) mass is 278 g/mol. The predicted molar refractivity (Wildman–Crippen MR) is 82.8 cm³/mol. The van der Waals surface area contributed by atoms with E-state index >= 15 is 0 Å². The van der Waals surface area contributed by atoms with E-state index in [0.29, 0.717) is 0 Å². The normalized spacial score (nSPS) is 33.5. The van der Waals surface area contributed by atoms with Gasteiger partial charge in [-0.1, -0.05) is 60.2 Å². The van der Waals surface area contributed by atoms with Gasteiger partial charge in [0.2, 0.25) is 5.72 Å². The molecule has 21 heavy (non-hydrogen) atoms. The second kappa shape index (κ2) is 4.03. The number of nitrogens with zero attached hydrogens (tertiary/aromatic N) is 2. The molecule has 2 aliphatic rings. The molecule has 0 amide bonds. The highest BCUT2D eigenvalue weighted by atomic mass is 16.9. The van der Waals surface area contributed by atoms with E-state index in [-0.39, 0.29) is 5.72 Å². The molecule has 2 heterocycles. The Bertz CT molecular complexity index is 723. The van der Waals surface area contributed by atoms with Crippen LogP contribution in [0.15, 0.2) is 59.6 Å². The molecule has 3 heteroatoms. The molecule has 1 fully saturated rings. The summed E-state index contributed by atoms with van der Waals surface area (Å²) in [7, 11) is 0. The Kier molecular flexibility index (Phi) is 2.44. The first kappa shape index (κ1) is 12.7. The topological polar surface area (TPSA) is 27.9 Å². The summed E-state index contributed by atoms with van der Waals surface area (Å²) < 4.78 is 0. The van der Waals surface area contributed by atoms with Gasteiger partial charge in [0.1, 0.15) is 0 Å². The molecular formula is C18H18N2O. The van der Waals surface area contributed by atoms with Crippen LogP contribution in [0.25, 0.3) is 0 Å². The summed E-state index contributed by atoms with van der Waals surface area (Å²) in [5, 5.41) is 2.01. The second-order valence-corrected chi connectivity index (χ2v) is 5.97. The van der Waals surface area contributed by atoms with E-state index in [4.69, 9.17) is 9.83 Å². The number of hydrogen-bond acceptors (Lipinski definition) is 3. The van der Waals surface area contributed by atoms with Gasteiger partial charge in [-0.3, -0.25) is 9.83 Å². The van der Waals surface area contributed by atoms with Gasteiger partial charge in [0.05, 0.1) is 5.71 Å². The standard InChI is InChI=1S/C18H18N2O/c1-13-9-11-16(12-10-13)18(15-7-5-4-6-8-15)19-14(2)17(3)20(18)21-17/h4-12H,1-3H3. The molecule has 106 valence electrons. The van der Waals surface area contributed by atoms with Gasteiger partial charge in [-0.2, -0.15) is 0 Å². The summed E-state index contributed by atoms with van der Waals surface area (Å²) in [4.78, 5) is 10.9. The van der Waals surface area contributed by atoms with Crippen molar-refractivity contribution in [2.24, 2.45) is 4.99 Å². The highest BCUT2D eigenvalue weighted by molar-refractivity contribution is 5.94. The van der Waals surface area contributed by atoms with Crippen molar-refractivity contribution in [3.05, 3.63) is 71.3 Å². The van der Waals surface area contributed by atoms with Crippen LogP contribution in [0.1, 0.15) is 30.5 Å². The number of rotatable bonds is 2. The van der Waals surface area contributed by atoms with Gasteiger partial charge < -0.3 is 0 Å². The molecule has 2 aromatic carbocycles. The number of benzene rings is 2. The molecule has 0 spiro atoms. The van der Waals surface area contributed by atoms with Crippen molar-refractivity contribution >= 4 is 5.71 Å². The van der Waals surface area contributed by atoms with Crippen molar-refractivity contribution < 1.29 is 4.84 Å². The molecular weight excluding hydrogens is 260 g/mol. The molecule has 3 atom stereocenters. The lowest BCUT2D eigenvalue weighted by Crippen LogP contribution is -2.33. The average molecular weight is 278 g/mol. The maximum Gasteiger partial charge on any atom is 0.203 e. The zero-order chi connectivity index (χ0) is 14.7. The number of hydroxylamine groups is 2. The van der Waals surface area contributed by atoms with Gasteiger partial charge in [-0.15, -0.1) is 5.06 Å². The summed E-state index contributed by atoms with van der Waals surface area (Å²) in [6.07, 6.45) is 0. The first-order valence-electron chi connectivity index (χ1n) is 7.26. The Morgan fingerprint density at radius 1 is 0.905 bits per heavy atom. The van der Waals surface area contributed by atoms with Gasteiger partial charge in [0.25, 0.3) is 0 Å². The fourth-order valence-electron chi connectivity index (χ4n) is 3.12. The van der Waals surface area contributed by atoms with Gasteiger partial charge in [-0.05, 0) is 20.8 Å². The molecule has 0 N–H and O–H groups in total. The Hall–Kier alpha value is -1.97. The molecule has 1 saturated heterocycles. The van der Waals surface area contributed by atoms with Crippen molar-refractivity contribution in [2.75, 3.05) is 0 Å². The Labute approximate surface area is 124 Å². The predicted octanol–water partition coefficient (Wildman–Crippen LogP) is 3.63. The van der Waals surface area contributed by atoms with Crippen molar-refractivity contribution in [3.63, 3.8) is 0 Å². The van der Waals surface area contributed by atoms with Crippen LogP contribution >= 0.6 is 0 Å². The molecule has 0 bridgehead atoms. The largest absolute Gasteiger partial charge is 0.262 e. The van der Waals surface area contributed by atoms with Crippen LogP contribution in [0.4, 0.5) is 0 Å². The summed E-state index contributed by atoms with van der Waals surface area (Å²) in [6.45, 7) is 6.21. The minimum atomic E-state index is -0.562. The minimum Gasteiger partial charge on any atom is -0.262 e. The molecule has 0 saturated carbocycles. The third kappa shape index (κ3) is 1.59. The van der Waals surface area contributed by atoms with E-state index in [1.165, 1.54) is 5.56 Å². The molecule has 4 rings (SSSR count). The van der Waals surface area contributed by atoms with Crippen molar-refractivity contribution in [1.82, 2.24) is 5.06 Å². The van der Waals surface area contributed by atoms with Crippen LogP contribution in [0, 0.1) is 6.92 Å². The molecule has 0 radical (unpaired) electrons. The maximum absolute atomic E-state index is 5.91. The summed E-state index contributed by atoms with van der Waals surface area (Å²) in [5.41, 5.74) is 3.62. The fraction of sp³-hybridized carbons (Fsp3) is 0.278. The summed E-state index contributed by atoms with van der Waals surface area (Å²) >= 11 is 0. The average Bonchev–Trinajstić information content (AvgIpc) is 3.15. The van der Waals surface area contributed by atoms with Crippen LogP contribution in [0.3, 0.4) is 0 Å². The van der Waals surface area contributed by atoms with Crippen LogP contribution in [-0.2, 0) is 10.5 Å². The third-order valence-corrected chi connectivity index (χ3v) is 4.55. The first-order valence-corrected chi connectivity index (χ1v) is 7.26. The fourth-order valence-corrected chi connectivity index (χ4v) is 3.12. The van der Waals surface area contributed by atoms with Crippen LogP contribution in [-0.4, -0.2) is 16.5 Å². The number of aliphatic imine (C=N–C) groups is 1. The Morgan fingerprint density at radius 2 is 1.52 bits per heavy atom. The molecule has 3 nitrogen and oxygen atoms in total. The van der Waals surface area contributed by atoms with E-state index in [1.54, 1.807) is 0 Å². The second-order valence-electron chi connectivity index (χ2n) is 5.97. The number of hydrogen-bond donors (Lipinski definition) is 0. The van der Waals surface area contributed by atoms with Gasteiger partial charge in [-0.25, -0.2) is 0 Å². The summed E-state index contributed by atoms with van der Waals surface area (Å²) in [5.74, 6) is 0. The maximum atomic E-state index is 5.91. The zero-order valence-electron chi connectivity index (χ0n) is 12.5. The van der Waals surface area contributed by atoms with Crippen LogP contribution < -0.4 is 0 Å². The van der Waals surface area contributed by atoms with E-state index in [9.17, 15) is 0 Å². The molecule has 0 aromatic heterocycles. The van der Waals surface area contributed by atoms with Gasteiger partial charge >= 0.3 is 0 Å². The van der Waals surface area contributed by atoms with Crippen molar-refractivity contribution in [2.45, 2.75) is 32.2 Å². The Balaban J connectivity index is 1.95. The lowest BCUT2D eigenvalue weighted by molar-refractivity contribution is 0.0936. The molecule has 0 aliphatic carbocycles. The summed E-state index contributed by atoms with van der Waals surface area (Å²) in [6, 6.07) is 18.9. The van der Waals surface area contributed by atoms with Crippen LogP contribution in [0.2, 0.25) is 0 Å². The highest BCUT2D eigenvalue weighted by Gasteiger charge is 2.69. The lowest BCUT2D eigenvalue weighted by Gasteiger charge is -2.28. The molecule has 2 aromatic rings. The smallest absolute Gasteiger partial charge is 0.203 e. The SMILES string of the molecule is CC1=NC(c2ccccc2)(c2ccc(C)cc2)N2OC12C. The first-order chi connectivity index (χ1) is 10.1. The molecule has 3 unspecified atom stereocenters. The van der Waals surface area contributed by atoms with Crippen molar-refractivity contribution in [1.29, 1.82) is 0 Å².